The van der Waals surface area contributed by atoms with Crippen molar-refractivity contribution >= 4 is 23.2 Å². The van der Waals surface area contributed by atoms with Gasteiger partial charge in [-0.2, -0.15) is 5.26 Å². The molecule has 2 aliphatic rings. The van der Waals surface area contributed by atoms with Crippen molar-refractivity contribution < 1.29 is 0 Å². The van der Waals surface area contributed by atoms with Crippen molar-refractivity contribution in [3.05, 3.63) is 32.6 Å². The van der Waals surface area contributed by atoms with Gasteiger partial charge >= 0.3 is 5.69 Å². The van der Waals surface area contributed by atoms with Crippen LogP contribution in [0.3, 0.4) is 0 Å². The average Bonchev–Trinajstić information content (AvgIpc) is 3.24. The molecule has 0 aromatic carbocycles. The third-order valence-electron chi connectivity index (χ3n) is 3.61. The van der Waals surface area contributed by atoms with Crippen molar-refractivity contribution in [2.24, 2.45) is 5.92 Å². The summed E-state index contributed by atoms with van der Waals surface area (Å²) in [7, 11) is 0. The molecule has 0 saturated heterocycles. The van der Waals surface area contributed by atoms with Crippen LogP contribution in [0.25, 0.3) is 0 Å². The lowest BCUT2D eigenvalue weighted by Crippen LogP contribution is -2.41. The number of nitrogens with zero attached hydrogens (tertiary/aromatic N) is 3. The Balaban J connectivity index is 2.07. The Labute approximate surface area is 119 Å². The summed E-state index contributed by atoms with van der Waals surface area (Å²) < 4.78 is 1.72. The lowest BCUT2D eigenvalue weighted by Gasteiger charge is -2.10. The number of hydrogen-bond acceptors (Lipinski definition) is 3. The number of aromatic nitrogens is 2. The van der Waals surface area contributed by atoms with Gasteiger partial charge in [-0.25, -0.2) is 4.79 Å². The Bertz CT molecular complexity index is 694. The van der Waals surface area contributed by atoms with Gasteiger partial charge in [0.05, 0.1) is 0 Å². The van der Waals surface area contributed by atoms with Crippen LogP contribution in [0, 0.1) is 17.2 Å². The Kier molecular flexibility index (Phi) is 2.77. The molecule has 2 saturated carbocycles. The van der Waals surface area contributed by atoms with Gasteiger partial charge in [-0.15, -0.1) is 23.2 Å². The predicted molar refractivity (Wildman–Crippen MR) is 70.5 cm³/mol. The van der Waals surface area contributed by atoms with E-state index < -0.39 is 9.89 Å². The zero-order chi connectivity index (χ0) is 13.8. The van der Waals surface area contributed by atoms with Crippen LogP contribution in [0.4, 0.5) is 0 Å². The van der Waals surface area contributed by atoms with Crippen molar-refractivity contribution in [1.29, 1.82) is 5.26 Å². The molecule has 0 unspecified atom stereocenters. The highest BCUT2D eigenvalue weighted by Crippen LogP contribution is 2.53. The summed E-state index contributed by atoms with van der Waals surface area (Å²) in [5.41, 5.74) is -0.940. The second kappa shape index (κ2) is 4.12. The van der Waals surface area contributed by atoms with Crippen LogP contribution in [0.15, 0.2) is 15.8 Å². The fourth-order valence-corrected chi connectivity index (χ4v) is 2.67. The molecule has 3 rings (SSSR count). The fourth-order valence-electron chi connectivity index (χ4n) is 2.16. The Morgan fingerprint density at radius 1 is 1.42 bits per heavy atom. The lowest BCUT2D eigenvalue weighted by atomic mass is 10.3. The van der Waals surface area contributed by atoms with Gasteiger partial charge in [0.2, 0.25) is 0 Å². The summed E-state index contributed by atoms with van der Waals surface area (Å²) in [6, 6.07) is 1.95. The first-order chi connectivity index (χ1) is 8.94. The zero-order valence-electron chi connectivity index (χ0n) is 9.97. The third kappa shape index (κ3) is 2.19. The van der Waals surface area contributed by atoms with Gasteiger partial charge in [0.25, 0.3) is 5.56 Å². The largest absolute Gasteiger partial charge is 0.331 e. The van der Waals surface area contributed by atoms with E-state index in [2.05, 4.69) is 0 Å². The van der Waals surface area contributed by atoms with E-state index in [4.69, 9.17) is 28.5 Å². The molecule has 0 N–H and O–H groups in total. The quantitative estimate of drug-likeness (QED) is 0.793. The van der Waals surface area contributed by atoms with Gasteiger partial charge in [-0.05, 0) is 19.3 Å². The molecule has 0 aliphatic heterocycles. The maximum absolute atomic E-state index is 12.2. The van der Waals surface area contributed by atoms with Gasteiger partial charge < -0.3 is 0 Å². The standard InChI is InChI=1S/C12H11Cl2N3O2/c13-12(14)3-8(12)6-17-10(18)7(4-15)5-16(11(17)19)9-1-2-9/h5,8-9H,1-3,6H2/t8-/m1/s1. The van der Waals surface area contributed by atoms with Crippen molar-refractivity contribution in [2.75, 3.05) is 0 Å². The Hall–Kier alpha value is -1.25. The molecule has 7 heteroatoms. The van der Waals surface area contributed by atoms with E-state index in [0.29, 0.717) is 6.42 Å². The fraction of sp³-hybridized carbons (Fsp3) is 0.583. The molecule has 1 atom stereocenters. The maximum atomic E-state index is 12.2. The highest BCUT2D eigenvalue weighted by atomic mass is 35.5. The van der Waals surface area contributed by atoms with Crippen LogP contribution in [0.2, 0.25) is 0 Å². The molecule has 19 heavy (non-hydrogen) atoms. The summed E-state index contributed by atoms with van der Waals surface area (Å²) in [5.74, 6) is -0.108. The third-order valence-corrected chi connectivity index (χ3v) is 4.54. The van der Waals surface area contributed by atoms with E-state index in [1.165, 1.54) is 10.8 Å². The summed E-state index contributed by atoms with van der Waals surface area (Å²) in [5, 5.41) is 8.98. The van der Waals surface area contributed by atoms with Gasteiger partial charge in [-0.1, -0.05) is 0 Å². The molecule has 2 fully saturated rings. The highest BCUT2D eigenvalue weighted by Gasteiger charge is 2.52. The smallest absolute Gasteiger partial charge is 0.296 e. The first-order valence-corrected chi connectivity index (χ1v) is 6.83. The molecule has 2 aliphatic carbocycles. The number of alkyl halides is 2. The molecule has 0 spiro atoms. The van der Waals surface area contributed by atoms with Crippen molar-refractivity contribution in [3.63, 3.8) is 0 Å². The normalized spacial score (nSPS) is 23.9. The monoisotopic (exact) mass is 299 g/mol. The first kappa shape index (κ1) is 12.8. The van der Waals surface area contributed by atoms with Crippen LogP contribution in [0.1, 0.15) is 30.9 Å². The van der Waals surface area contributed by atoms with Gasteiger partial charge in [-0.3, -0.25) is 13.9 Å². The number of hydrogen-bond donors (Lipinski definition) is 0. The Morgan fingerprint density at radius 2 is 2.05 bits per heavy atom. The summed E-state index contributed by atoms with van der Waals surface area (Å²) >= 11 is 11.9. The molecule has 0 radical (unpaired) electrons. The average molecular weight is 300 g/mol. The molecule has 1 heterocycles. The predicted octanol–water partition coefficient (Wildman–Crippen LogP) is 1.41. The van der Waals surface area contributed by atoms with Crippen LogP contribution in [-0.2, 0) is 6.54 Å². The molecule has 100 valence electrons. The van der Waals surface area contributed by atoms with E-state index in [-0.39, 0.29) is 29.8 Å². The van der Waals surface area contributed by atoms with Crippen LogP contribution in [0.5, 0.6) is 0 Å². The molecule has 0 bridgehead atoms. The summed E-state index contributed by atoms with van der Waals surface area (Å²) in [4.78, 5) is 24.3. The Morgan fingerprint density at radius 3 is 2.53 bits per heavy atom. The second-order valence-electron chi connectivity index (χ2n) is 5.15. The highest BCUT2D eigenvalue weighted by molar-refractivity contribution is 6.50. The second-order valence-corrected chi connectivity index (χ2v) is 6.70. The SMILES string of the molecule is N#Cc1cn(C2CC2)c(=O)n(C[C@H]2CC2(Cl)Cl)c1=O. The molecule has 0 amide bonds. The maximum Gasteiger partial charge on any atom is 0.331 e. The van der Waals surface area contributed by atoms with E-state index >= 15 is 0 Å². The van der Waals surface area contributed by atoms with Gasteiger partial charge in [0, 0.05) is 24.7 Å². The first-order valence-electron chi connectivity index (χ1n) is 6.08. The van der Waals surface area contributed by atoms with E-state index in [1.54, 1.807) is 0 Å². The number of nitriles is 1. The molecule has 1 aromatic rings. The zero-order valence-corrected chi connectivity index (χ0v) is 11.5. The van der Waals surface area contributed by atoms with Crippen LogP contribution >= 0.6 is 23.2 Å². The summed E-state index contributed by atoms with van der Waals surface area (Å²) in [6.07, 6.45) is 3.73. The molecule has 1 aromatic heterocycles. The van der Waals surface area contributed by atoms with Crippen molar-refractivity contribution in [2.45, 2.75) is 36.2 Å². The minimum Gasteiger partial charge on any atom is -0.296 e. The number of rotatable bonds is 3. The van der Waals surface area contributed by atoms with E-state index in [0.717, 1.165) is 17.4 Å². The lowest BCUT2D eigenvalue weighted by molar-refractivity contribution is 0.524. The van der Waals surface area contributed by atoms with Crippen molar-refractivity contribution in [1.82, 2.24) is 9.13 Å². The van der Waals surface area contributed by atoms with Crippen LogP contribution in [-0.4, -0.2) is 13.5 Å². The minimum absolute atomic E-state index is 0.0121. The molecular weight excluding hydrogens is 289 g/mol. The minimum atomic E-state index is -0.848. The number of halogens is 2. The molecule has 5 nitrogen and oxygen atoms in total. The molecular formula is C12H11Cl2N3O2. The van der Waals surface area contributed by atoms with E-state index in [9.17, 15) is 9.59 Å². The topological polar surface area (TPSA) is 67.8 Å². The van der Waals surface area contributed by atoms with Gasteiger partial charge in [0.1, 0.15) is 16.0 Å². The van der Waals surface area contributed by atoms with E-state index in [1.807, 2.05) is 6.07 Å². The van der Waals surface area contributed by atoms with Crippen LogP contribution < -0.4 is 11.2 Å². The van der Waals surface area contributed by atoms with Crippen molar-refractivity contribution in [3.8, 4) is 6.07 Å². The van der Waals surface area contributed by atoms with Gasteiger partial charge in [0.15, 0.2) is 0 Å². The summed E-state index contributed by atoms with van der Waals surface area (Å²) in [6.45, 7) is 0.174.